The first-order chi connectivity index (χ1) is 17.6. The SMILES string of the molecule is NC(N)=NCCC[C@H](NC(=O)CN1CCSSCC1)C(=O)NCC(=O)N[C@@H](CC(=O)O)C(=O)NCCS. The fraction of sp³-hybridized carbons (Fsp3) is 0.700. The molecule has 0 unspecified atom stereocenters. The molecule has 0 saturated carbocycles. The number of rotatable bonds is 16. The molecule has 0 radical (unpaired) electrons. The first kappa shape index (κ1) is 32.7. The van der Waals surface area contributed by atoms with Gasteiger partial charge in [0.05, 0.1) is 19.5 Å². The van der Waals surface area contributed by atoms with Gasteiger partial charge in [0, 0.05) is 43.4 Å². The van der Waals surface area contributed by atoms with Crippen molar-refractivity contribution < 1.29 is 29.1 Å². The van der Waals surface area contributed by atoms with Crippen LogP contribution in [-0.2, 0) is 24.0 Å². The maximum Gasteiger partial charge on any atom is 0.305 e. The topological polar surface area (TPSA) is 221 Å². The standard InChI is InChI=1S/C20H36N8O6S3/c21-20(22)24-3-1-2-13(26-16(30)12-28-5-8-36-37-9-6-28)18(33)25-11-15(29)27-14(10-17(31)32)19(34)23-4-7-35/h13-14,35H,1-12H2,(H,23,34)(H,25,33)(H,26,30)(H,27,29)(H,31,32)(H4,21,22,24)/t13-,14-/m0/s1. The van der Waals surface area contributed by atoms with Gasteiger partial charge in [-0.2, -0.15) is 12.6 Å². The lowest BCUT2D eigenvalue weighted by Crippen LogP contribution is -2.53. The average Bonchev–Trinajstić information content (AvgIpc) is 3.10. The molecule has 9 N–H and O–H groups in total. The second kappa shape index (κ2) is 18.8. The van der Waals surface area contributed by atoms with Crippen LogP contribution in [-0.4, -0.2) is 114 Å². The lowest BCUT2D eigenvalue weighted by molar-refractivity contribution is -0.140. The van der Waals surface area contributed by atoms with Crippen LogP contribution in [0.3, 0.4) is 0 Å². The van der Waals surface area contributed by atoms with Gasteiger partial charge < -0.3 is 37.8 Å². The molecule has 17 heteroatoms. The van der Waals surface area contributed by atoms with Gasteiger partial charge in [0.15, 0.2) is 5.96 Å². The molecule has 1 aliphatic rings. The molecule has 1 rings (SSSR count). The van der Waals surface area contributed by atoms with Crippen LogP contribution in [0.1, 0.15) is 19.3 Å². The zero-order valence-electron chi connectivity index (χ0n) is 20.4. The van der Waals surface area contributed by atoms with Crippen molar-refractivity contribution in [2.24, 2.45) is 16.5 Å². The van der Waals surface area contributed by atoms with E-state index in [1.165, 1.54) is 0 Å². The zero-order chi connectivity index (χ0) is 27.6. The van der Waals surface area contributed by atoms with Gasteiger partial charge in [-0.15, -0.1) is 0 Å². The molecular weight excluding hydrogens is 544 g/mol. The second-order valence-corrected chi connectivity index (χ2v) is 11.1. The number of aliphatic imine (C=N–C) groups is 1. The van der Waals surface area contributed by atoms with Crippen molar-refractivity contribution in [2.45, 2.75) is 31.3 Å². The molecule has 0 aliphatic carbocycles. The quantitative estimate of drug-likeness (QED) is 0.0309. The van der Waals surface area contributed by atoms with Crippen LogP contribution < -0.4 is 32.7 Å². The number of hydrogen-bond donors (Lipinski definition) is 8. The van der Waals surface area contributed by atoms with E-state index < -0.39 is 48.7 Å². The highest BCUT2D eigenvalue weighted by atomic mass is 33.1. The van der Waals surface area contributed by atoms with Crippen LogP contribution in [0.4, 0.5) is 0 Å². The number of carbonyl (C=O) groups excluding carboxylic acids is 4. The number of carboxylic acids is 1. The summed E-state index contributed by atoms with van der Waals surface area (Å²) in [4.78, 5) is 66.8. The van der Waals surface area contributed by atoms with Crippen LogP contribution in [0.2, 0.25) is 0 Å². The summed E-state index contributed by atoms with van der Waals surface area (Å²) in [6, 6.07) is -2.26. The Morgan fingerprint density at radius 2 is 1.59 bits per heavy atom. The number of hydrogen-bond acceptors (Lipinski definition) is 10. The smallest absolute Gasteiger partial charge is 0.305 e. The number of aliphatic carboxylic acids is 1. The average molecular weight is 581 g/mol. The maximum atomic E-state index is 12.8. The summed E-state index contributed by atoms with van der Waals surface area (Å²) in [5, 5.41) is 18.9. The number of amides is 4. The van der Waals surface area contributed by atoms with E-state index in [-0.39, 0.29) is 37.9 Å². The summed E-state index contributed by atoms with van der Waals surface area (Å²) in [5.41, 5.74) is 10.6. The van der Waals surface area contributed by atoms with E-state index in [9.17, 15) is 24.0 Å². The van der Waals surface area contributed by atoms with Crippen LogP contribution >= 0.6 is 34.2 Å². The monoisotopic (exact) mass is 580 g/mol. The molecule has 1 fully saturated rings. The minimum absolute atomic E-state index is 0.0899. The lowest BCUT2D eigenvalue weighted by Gasteiger charge is -2.22. The number of thiol groups is 1. The van der Waals surface area contributed by atoms with Crippen molar-refractivity contribution in [3.8, 4) is 0 Å². The summed E-state index contributed by atoms with van der Waals surface area (Å²) in [7, 11) is 3.50. The largest absolute Gasteiger partial charge is 0.481 e. The van der Waals surface area contributed by atoms with Gasteiger partial charge in [-0.25, -0.2) is 0 Å². The van der Waals surface area contributed by atoms with E-state index >= 15 is 0 Å². The lowest BCUT2D eigenvalue weighted by atomic mass is 10.1. The van der Waals surface area contributed by atoms with Gasteiger partial charge in [0.25, 0.3) is 0 Å². The molecule has 0 aromatic rings. The third-order valence-corrected chi connectivity index (χ3v) is 7.48. The molecule has 0 spiro atoms. The maximum absolute atomic E-state index is 12.8. The number of guanidine groups is 1. The van der Waals surface area contributed by atoms with Gasteiger partial charge >= 0.3 is 5.97 Å². The Kier molecular flexibility index (Phi) is 16.6. The molecule has 14 nitrogen and oxygen atoms in total. The highest BCUT2D eigenvalue weighted by Crippen LogP contribution is 2.23. The van der Waals surface area contributed by atoms with Crippen molar-refractivity contribution in [3.63, 3.8) is 0 Å². The minimum Gasteiger partial charge on any atom is -0.481 e. The van der Waals surface area contributed by atoms with E-state index in [4.69, 9.17) is 16.6 Å². The summed E-state index contributed by atoms with van der Waals surface area (Å²) in [5.74, 6) is -1.61. The predicted octanol–water partition coefficient (Wildman–Crippen LogP) is -2.66. The van der Waals surface area contributed by atoms with Gasteiger partial charge in [0.1, 0.15) is 12.1 Å². The van der Waals surface area contributed by atoms with Crippen molar-refractivity contribution in [1.29, 1.82) is 0 Å². The highest BCUT2D eigenvalue weighted by Gasteiger charge is 2.25. The Morgan fingerprint density at radius 3 is 2.19 bits per heavy atom. The first-order valence-electron chi connectivity index (χ1n) is 11.6. The van der Waals surface area contributed by atoms with Crippen molar-refractivity contribution in [3.05, 3.63) is 0 Å². The third-order valence-electron chi connectivity index (χ3n) is 4.89. The van der Waals surface area contributed by atoms with E-state index in [0.717, 1.165) is 24.6 Å². The molecule has 0 aromatic heterocycles. The minimum atomic E-state index is -1.32. The van der Waals surface area contributed by atoms with Gasteiger partial charge in [-0.3, -0.25) is 33.9 Å². The Hall–Kier alpha value is -2.37. The van der Waals surface area contributed by atoms with E-state index in [1.54, 1.807) is 21.6 Å². The molecule has 1 saturated heterocycles. The fourth-order valence-corrected chi connectivity index (χ4v) is 5.33. The van der Waals surface area contributed by atoms with E-state index in [1.807, 2.05) is 4.90 Å². The molecule has 210 valence electrons. The number of carbonyl (C=O) groups is 5. The summed E-state index contributed by atoms with van der Waals surface area (Å²) < 4.78 is 0. The Morgan fingerprint density at radius 1 is 0.973 bits per heavy atom. The predicted molar refractivity (Wildman–Crippen MR) is 147 cm³/mol. The first-order valence-corrected chi connectivity index (χ1v) is 14.7. The second-order valence-electron chi connectivity index (χ2n) is 7.94. The number of nitrogens with two attached hydrogens (primary N) is 2. The van der Waals surface area contributed by atoms with Crippen molar-refractivity contribution in [2.75, 3.05) is 56.5 Å². The molecule has 0 aromatic carbocycles. The fourth-order valence-electron chi connectivity index (χ4n) is 3.16. The number of nitrogens with one attached hydrogen (secondary N) is 4. The molecule has 1 heterocycles. The van der Waals surface area contributed by atoms with Crippen LogP contribution in [0.5, 0.6) is 0 Å². The van der Waals surface area contributed by atoms with Crippen LogP contribution in [0.25, 0.3) is 0 Å². The Bertz CT molecular complexity index is 807. The van der Waals surface area contributed by atoms with Gasteiger partial charge in [-0.1, -0.05) is 21.6 Å². The summed E-state index contributed by atoms with van der Waals surface area (Å²) in [6.45, 7) is 1.58. The normalized spacial score (nSPS) is 15.4. The van der Waals surface area contributed by atoms with Crippen LogP contribution in [0.15, 0.2) is 4.99 Å². The van der Waals surface area contributed by atoms with Crippen molar-refractivity contribution in [1.82, 2.24) is 26.2 Å². The number of carboxylic acid groups (broad SMARTS) is 1. The molecular formula is C20H36N8O6S3. The van der Waals surface area contributed by atoms with Crippen molar-refractivity contribution >= 4 is 69.8 Å². The highest BCUT2D eigenvalue weighted by molar-refractivity contribution is 8.76. The van der Waals surface area contributed by atoms with E-state index in [0.29, 0.717) is 12.2 Å². The van der Waals surface area contributed by atoms with Gasteiger partial charge in [-0.05, 0) is 12.8 Å². The zero-order valence-corrected chi connectivity index (χ0v) is 23.0. The Balaban J connectivity index is 2.70. The summed E-state index contributed by atoms with van der Waals surface area (Å²) in [6.07, 6.45) is -0.0179. The molecule has 4 amide bonds. The Labute approximate surface area is 229 Å². The van der Waals surface area contributed by atoms with E-state index in [2.05, 4.69) is 38.9 Å². The molecule has 0 bridgehead atoms. The number of nitrogens with zero attached hydrogens (tertiary/aromatic N) is 2. The molecule has 1 aliphatic heterocycles. The van der Waals surface area contributed by atoms with Crippen LogP contribution in [0, 0.1) is 0 Å². The summed E-state index contributed by atoms with van der Waals surface area (Å²) >= 11 is 3.96. The molecule has 37 heavy (non-hydrogen) atoms. The molecule has 2 atom stereocenters. The van der Waals surface area contributed by atoms with Gasteiger partial charge in [0.2, 0.25) is 23.6 Å². The third kappa shape index (κ3) is 15.5.